The number of hydrogen-bond donors (Lipinski definition) is 1. The minimum absolute atomic E-state index is 0.0119. The van der Waals surface area contributed by atoms with E-state index in [9.17, 15) is 22.8 Å². The number of alkyl halides is 3. The number of nitrogens with one attached hydrogen (secondary N) is 1. The quantitative estimate of drug-likeness (QED) is 0.705. The second kappa shape index (κ2) is 12.1. The molecule has 0 saturated carbocycles. The average molecular weight is 425 g/mol. The zero-order chi connectivity index (χ0) is 22.7. The van der Waals surface area contributed by atoms with Gasteiger partial charge in [0.1, 0.15) is 12.8 Å². The Bertz CT molecular complexity index is 816. The number of halogens is 3. The van der Waals surface area contributed by atoms with E-state index in [4.69, 9.17) is 0 Å². The van der Waals surface area contributed by atoms with Crippen LogP contribution in [0.15, 0.2) is 30.3 Å². The van der Waals surface area contributed by atoms with Crippen LogP contribution in [0.5, 0.6) is 0 Å². The number of rotatable bonds is 5. The van der Waals surface area contributed by atoms with E-state index in [-0.39, 0.29) is 11.8 Å². The predicted octanol–water partition coefficient (Wildman–Crippen LogP) is 4.72. The van der Waals surface area contributed by atoms with Gasteiger partial charge in [-0.3, -0.25) is 9.48 Å². The van der Waals surface area contributed by atoms with Crippen molar-refractivity contribution < 1.29 is 22.8 Å². The summed E-state index contributed by atoms with van der Waals surface area (Å²) in [4.78, 5) is 20.3. The van der Waals surface area contributed by atoms with E-state index in [1.54, 1.807) is 13.0 Å². The first-order valence-electron chi connectivity index (χ1n) is 10.1. The van der Waals surface area contributed by atoms with Crippen LogP contribution in [0.4, 0.5) is 13.2 Å². The van der Waals surface area contributed by atoms with Gasteiger partial charge in [0.25, 0.3) is 0 Å². The topological polar surface area (TPSA) is 64.0 Å². The predicted molar refractivity (Wildman–Crippen MR) is 111 cm³/mol. The number of carbonyl (C=O) groups excluding carboxylic acids is 2. The van der Waals surface area contributed by atoms with Crippen LogP contribution in [-0.4, -0.2) is 34.7 Å². The molecule has 1 saturated heterocycles. The van der Waals surface area contributed by atoms with E-state index in [0.29, 0.717) is 24.4 Å². The standard InChI is InChI=1S/C15H17F3N2.C5H7NO2.C2H6/c1-3-5-12-6-4-7-13(9-12)14-8-11(2)19-20(14)10-15(16,17)18;7-3-4-1-5(8)6-2-4;1-2/h4,6-9H,3,5,10H2,1-2H3;3-4H,1-2H2,(H,6,8);1-2H3. The summed E-state index contributed by atoms with van der Waals surface area (Å²) in [7, 11) is 0. The van der Waals surface area contributed by atoms with Crippen LogP contribution >= 0.6 is 0 Å². The summed E-state index contributed by atoms with van der Waals surface area (Å²) in [6.45, 7) is 7.24. The molecule has 3 rings (SSSR count). The molecule has 30 heavy (non-hydrogen) atoms. The lowest BCUT2D eigenvalue weighted by atomic mass is 10.0. The third kappa shape index (κ3) is 8.39. The molecule has 0 aliphatic carbocycles. The van der Waals surface area contributed by atoms with Gasteiger partial charge in [-0.1, -0.05) is 45.4 Å². The molecule has 2 aromatic rings. The fraction of sp³-hybridized carbons (Fsp3) is 0.500. The molecule has 0 bridgehead atoms. The van der Waals surface area contributed by atoms with Gasteiger partial charge in [-0.05, 0) is 31.0 Å². The molecule has 1 amide bonds. The highest BCUT2D eigenvalue weighted by Gasteiger charge is 2.29. The molecule has 166 valence electrons. The zero-order valence-electron chi connectivity index (χ0n) is 17.9. The normalized spacial score (nSPS) is 15.4. The molecule has 1 N–H and O–H groups in total. The number of amides is 1. The molecule has 1 unspecified atom stereocenters. The van der Waals surface area contributed by atoms with Crippen molar-refractivity contribution in [1.82, 2.24) is 15.1 Å². The molecule has 0 spiro atoms. The van der Waals surface area contributed by atoms with E-state index < -0.39 is 12.7 Å². The summed E-state index contributed by atoms with van der Waals surface area (Å²) < 4.78 is 38.8. The van der Waals surface area contributed by atoms with Crippen LogP contribution in [0.1, 0.15) is 44.9 Å². The van der Waals surface area contributed by atoms with Gasteiger partial charge in [0.2, 0.25) is 5.91 Å². The number of benzene rings is 1. The van der Waals surface area contributed by atoms with Crippen LogP contribution in [0.3, 0.4) is 0 Å². The molecule has 1 atom stereocenters. The van der Waals surface area contributed by atoms with Crippen molar-refractivity contribution in [2.24, 2.45) is 5.92 Å². The molecule has 5 nitrogen and oxygen atoms in total. The van der Waals surface area contributed by atoms with Crippen molar-refractivity contribution in [2.45, 2.75) is 59.7 Å². The van der Waals surface area contributed by atoms with Gasteiger partial charge in [-0.2, -0.15) is 18.3 Å². The van der Waals surface area contributed by atoms with Crippen molar-refractivity contribution in [2.75, 3.05) is 6.54 Å². The van der Waals surface area contributed by atoms with Gasteiger partial charge in [0, 0.05) is 24.4 Å². The Hall–Kier alpha value is -2.64. The van der Waals surface area contributed by atoms with E-state index in [1.807, 2.05) is 38.1 Å². The number of aldehydes is 1. The van der Waals surface area contributed by atoms with E-state index in [1.165, 1.54) is 0 Å². The van der Waals surface area contributed by atoms with Crippen LogP contribution < -0.4 is 5.32 Å². The first-order valence-corrected chi connectivity index (χ1v) is 10.1. The van der Waals surface area contributed by atoms with Crippen molar-refractivity contribution in [3.8, 4) is 11.3 Å². The van der Waals surface area contributed by atoms with E-state index in [0.717, 1.165) is 34.9 Å². The maximum Gasteiger partial charge on any atom is 0.408 e. The highest BCUT2D eigenvalue weighted by molar-refractivity contribution is 5.82. The van der Waals surface area contributed by atoms with Crippen LogP contribution in [0, 0.1) is 12.8 Å². The number of aryl methyl sites for hydroxylation is 2. The van der Waals surface area contributed by atoms with Crippen LogP contribution in [0.2, 0.25) is 0 Å². The van der Waals surface area contributed by atoms with Crippen LogP contribution in [-0.2, 0) is 22.6 Å². The molecule has 2 heterocycles. The Morgan fingerprint density at radius 1 is 1.27 bits per heavy atom. The molecule has 1 fully saturated rings. The second-order valence-corrected chi connectivity index (χ2v) is 6.80. The summed E-state index contributed by atoms with van der Waals surface area (Å²) in [5.74, 6) is -0.0791. The van der Waals surface area contributed by atoms with Gasteiger partial charge >= 0.3 is 6.18 Å². The lowest BCUT2D eigenvalue weighted by Gasteiger charge is -2.11. The number of carbonyl (C=O) groups is 2. The van der Waals surface area contributed by atoms with Crippen molar-refractivity contribution in [3.63, 3.8) is 0 Å². The summed E-state index contributed by atoms with van der Waals surface area (Å²) in [6, 6.07) is 9.32. The third-order valence-corrected chi connectivity index (χ3v) is 4.19. The monoisotopic (exact) mass is 425 g/mol. The minimum Gasteiger partial charge on any atom is -0.355 e. The van der Waals surface area contributed by atoms with E-state index in [2.05, 4.69) is 17.3 Å². The van der Waals surface area contributed by atoms with Gasteiger partial charge in [-0.25, -0.2) is 0 Å². The van der Waals surface area contributed by atoms with Crippen molar-refractivity contribution in [1.29, 1.82) is 0 Å². The summed E-state index contributed by atoms with van der Waals surface area (Å²) in [5.41, 5.74) is 3.01. The molecular formula is C22H30F3N3O2. The molecule has 8 heteroatoms. The second-order valence-electron chi connectivity index (χ2n) is 6.80. The Balaban J connectivity index is 0.000000375. The highest BCUT2D eigenvalue weighted by Crippen LogP contribution is 2.26. The van der Waals surface area contributed by atoms with Crippen molar-refractivity contribution >= 4 is 12.2 Å². The van der Waals surface area contributed by atoms with Gasteiger partial charge in [0.05, 0.1) is 11.4 Å². The molecular weight excluding hydrogens is 395 g/mol. The summed E-state index contributed by atoms with van der Waals surface area (Å²) in [6.07, 6.45) is -1.15. The molecule has 1 aromatic carbocycles. The maximum absolute atomic E-state index is 12.6. The molecule has 0 radical (unpaired) electrons. The largest absolute Gasteiger partial charge is 0.408 e. The lowest BCUT2D eigenvalue weighted by molar-refractivity contribution is -0.142. The average Bonchev–Trinajstić information content (AvgIpc) is 3.28. The van der Waals surface area contributed by atoms with Gasteiger partial charge in [-0.15, -0.1) is 0 Å². The maximum atomic E-state index is 12.6. The molecule has 1 aliphatic rings. The number of hydrogen-bond acceptors (Lipinski definition) is 3. The fourth-order valence-corrected chi connectivity index (χ4v) is 2.97. The Kier molecular flexibility index (Phi) is 10.3. The van der Waals surface area contributed by atoms with Gasteiger partial charge in [0.15, 0.2) is 0 Å². The summed E-state index contributed by atoms with van der Waals surface area (Å²) >= 11 is 0. The van der Waals surface area contributed by atoms with Crippen LogP contribution in [0.25, 0.3) is 11.3 Å². The molecule has 1 aliphatic heterocycles. The smallest absolute Gasteiger partial charge is 0.355 e. The number of aromatic nitrogens is 2. The fourth-order valence-electron chi connectivity index (χ4n) is 2.97. The summed E-state index contributed by atoms with van der Waals surface area (Å²) in [5, 5.41) is 6.50. The zero-order valence-corrected chi connectivity index (χ0v) is 17.9. The molecule has 1 aromatic heterocycles. The third-order valence-electron chi connectivity index (χ3n) is 4.19. The highest BCUT2D eigenvalue weighted by atomic mass is 19.4. The number of nitrogens with zero attached hydrogens (tertiary/aromatic N) is 2. The van der Waals surface area contributed by atoms with Gasteiger partial charge < -0.3 is 10.1 Å². The first-order chi connectivity index (χ1) is 14.2. The Morgan fingerprint density at radius 2 is 1.97 bits per heavy atom. The van der Waals surface area contributed by atoms with Crippen molar-refractivity contribution in [3.05, 3.63) is 41.6 Å². The van der Waals surface area contributed by atoms with E-state index >= 15 is 0 Å². The lowest BCUT2D eigenvalue weighted by Crippen LogP contribution is -2.19. The minimum atomic E-state index is -4.27. The SMILES string of the molecule is CC.CCCc1cccc(-c2cc(C)nn2CC(F)(F)F)c1.O=CC1CNC(=O)C1. The Morgan fingerprint density at radius 3 is 2.47 bits per heavy atom. The first kappa shape index (κ1) is 25.4. The Labute approximate surface area is 175 Å².